The van der Waals surface area contributed by atoms with E-state index in [1.54, 1.807) is 4.31 Å². The van der Waals surface area contributed by atoms with Crippen molar-refractivity contribution in [3.63, 3.8) is 0 Å². The zero-order chi connectivity index (χ0) is 13.7. The molecular formula is C14H22N2O2S. The van der Waals surface area contributed by atoms with Crippen molar-refractivity contribution < 1.29 is 8.42 Å². The van der Waals surface area contributed by atoms with E-state index in [-0.39, 0.29) is 0 Å². The monoisotopic (exact) mass is 282 g/mol. The minimum atomic E-state index is -3.30. The van der Waals surface area contributed by atoms with Crippen LogP contribution in [0.1, 0.15) is 25.3 Å². The maximum absolute atomic E-state index is 12.1. The second kappa shape index (κ2) is 6.50. The highest BCUT2D eigenvalue weighted by atomic mass is 32.2. The van der Waals surface area contributed by atoms with Gasteiger partial charge in [-0.3, -0.25) is 0 Å². The molecule has 106 valence electrons. The fourth-order valence-electron chi connectivity index (χ4n) is 2.42. The van der Waals surface area contributed by atoms with E-state index in [1.807, 2.05) is 30.3 Å². The number of nitrogens with zero attached hydrogens (tertiary/aromatic N) is 1. The molecule has 1 aromatic carbocycles. The van der Waals surface area contributed by atoms with Crippen LogP contribution in [0.25, 0.3) is 0 Å². The Morgan fingerprint density at radius 3 is 2.74 bits per heavy atom. The molecule has 1 unspecified atom stereocenters. The van der Waals surface area contributed by atoms with Gasteiger partial charge in [0.05, 0.1) is 0 Å². The fraction of sp³-hybridized carbons (Fsp3) is 0.571. The quantitative estimate of drug-likeness (QED) is 0.895. The molecule has 1 saturated heterocycles. The SMILES string of the molecule is CC1CCCN(S(=O)(=O)NCCc2ccccc2)C1. The first-order chi connectivity index (χ1) is 9.08. The normalized spacial score (nSPS) is 21.4. The summed E-state index contributed by atoms with van der Waals surface area (Å²) in [4.78, 5) is 0. The van der Waals surface area contributed by atoms with Gasteiger partial charge in [0.2, 0.25) is 0 Å². The van der Waals surface area contributed by atoms with Gasteiger partial charge >= 0.3 is 0 Å². The number of piperidine rings is 1. The molecule has 0 aliphatic carbocycles. The van der Waals surface area contributed by atoms with Crippen LogP contribution < -0.4 is 4.72 Å². The van der Waals surface area contributed by atoms with Crippen LogP contribution in [0, 0.1) is 5.92 Å². The van der Waals surface area contributed by atoms with Crippen LogP contribution in [0.3, 0.4) is 0 Å². The summed E-state index contributed by atoms with van der Waals surface area (Å²) >= 11 is 0. The van der Waals surface area contributed by atoms with E-state index in [0.717, 1.165) is 24.8 Å². The van der Waals surface area contributed by atoms with Crippen LogP contribution in [-0.4, -0.2) is 32.4 Å². The number of hydrogen-bond donors (Lipinski definition) is 1. The summed E-state index contributed by atoms with van der Waals surface area (Å²) < 4.78 is 28.5. The first kappa shape index (κ1) is 14.5. The molecule has 1 fully saturated rings. The van der Waals surface area contributed by atoms with Gasteiger partial charge in [0.15, 0.2) is 0 Å². The third-order valence-corrected chi connectivity index (χ3v) is 5.08. The molecule has 0 saturated carbocycles. The number of rotatable bonds is 5. The number of hydrogen-bond acceptors (Lipinski definition) is 2. The van der Waals surface area contributed by atoms with Gasteiger partial charge in [-0.05, 0) is 30.7 Å². The van der Waals surface area contributed by atoms with E-state index < -0.39 is 10.2 Å². The van der Waals surface area contributed by atoms with Gasteiger partial charge in [0.25, 0.3) is 10.2 Å². The predicted octanol–water partition coefficient (Wildman–Crippen LogP) is 1.80. The van der Waals surface area contributed by atoms with Gasteiger partial charge in [0, 0.05) is 19.6 Å². The van der Waals surface area contributed by atoms with Gasteiger partial charge in [-0.2, -0.15) is 12.7 Å². The maximum Gasteiger partial charge on any atom is 0.279 e. The van der Waals surface area contributed by atoms with Crippen LogP contribution in [0.2, 0.25) is 0 Å². The van der Waals surface area contributed by atoms with E-state index in [2.05, 4.69) is 11.6 Å². The highest BCUT2D eigenvalue weighted by molar-refractivity contribution is 7.87. The third kappa shape index (κ3) is 4.30. The van der Waals surface area contributed by atoms with Crippen molar-refractivity contribution in [1.82, 2.24) is 9.03 Å². The molecule has 19 heavy (non-hydrogen) atoms. The average Bonchev–Trinajstić information content (AvgIpc) is 2.40. The van der Waals surface area contributed by atoms with Crippen molar-refractivity contribution in [3.05, 3.63) is 35.9 Å². The maximum atomic E-state index is 12.1. The lowest BCUT2D eigenvalue weighted by atomic mass is 10.0. The van der Waals surface area contributed by atoms with Crippen molar-refractivity contribution in [1.29, 1.82) is 0 Å². The third-order valence-electron chi connectivity index (χ3n) is 3.50. The molecular weight excluding hydrogens is 260 g/mol. The van der Waals surface area contributed by atoms with Crippen molar-refractivity contribution in [2.45, 2.75) is 26.2 Å². The summed E-state index contributed by atoms with van der Waals surface area (Å²) in [6, 6.07) is 9.92. The molecule has 1 heterocycles. The molecule has 0 radical (unpaired) electrons. The minimum absolute atomic E-state index is 0.456. The van der Waals surface area contributed by atoms with Crippen LogP contribution in [-0.2, 0) is 16.6 Å². The highest BCUT2D eigenvalue weighted by Gasteiger charge is 2.26. The zero-order valence-electron chi connectivity index (χ0n) is 11.4. The van der Waals surface area contributed by atoms with Crippen molar-refractivity contribution in [2.24, 2.45) is 5.92 Å². The summed E-state index contributed by atoms with van der Waals surface area (Å²) in [6.45, 7) is 3.84. The summed E-state index contributed by atoms with van der Waals surface area (Å²) in [5.41, 5.74) is 1.15. The Hall–Kier alpha value is -0.910. The molecule has 0 aromatic heterocycles. The Labute approximate surface area is 116 Å². The van der Waals surface area contributed by atoms with Gasteiger partial charge < -0.3 is 0 Å². The fourth-order valence-corrected chi connectivity index (χ4v) is 3.79. The summed E-state index contributed by atoms with van der Waals surface area (Å²) in [5.74, 6) is 0.458. The second-order valence-electron chi connectivity index (χ2n) is 5.24. The topological polar surface area (TPSA) is 49.4 Å². The Morgan fingerprint density at radius 1 is 1.32 bits per heavy atom. The molecule has 0 amide bonds. The molecule has 1 N–H and O–H groups in total. The minimum Gasteiger partial charge on any atom is -0.202 e. The molecule has 0 spiro atoms. The Bertz CT molecular complexity index is 487. The molecule has 5 heteroatoms. The Kier molecular flexibility index (Phi) is 4.96. The van der Waals surface area contributed by atoms with Crippen molar-refractivity contribution in [3.8, 4) is 0 Å². The van der Waals surface area contributed by atoms with Crippen LogP contribution in [0.15, 0.2) is 30.3 Å². The molecule has 1 aromatic rings. The highest BCUT2D eigenvalue weighted by Crippen LogP contribution is 2.17. The van der Waals surface area contributed by atoms with Crippen LogP contribution in [0.5, 0.6) is 0 Å². The van der Waals surface area contributed by atoms with Gasteiger partial charge in [-0.1, -0.05) is 37.3 Å². The van der Waals surface area contributed by atoms with Crippen molar-refractivity contribution in [2.75, 3.05) is 19.6 Å². The van der Waals surface area contributed by atoms with E-state index in [1.165, 1.54) is 0 Å². The average molecular weight is 282 g/mol. The molecule has 2 rings (SSSR count). The molecule has 1 aliphatic rings. The molecule has 4 nitrogen and oxygen atoms in total. The first-order valence-electron chi connectivity index (χ1n) is 6.86. The summed E-state index contributed by atoms with van der Waals surface area (Å²) in [6.07, 6.45) is 2.81. The molecule has 1 atom stereocenters. The lowest BCUT2D eigenvalue weighted by molar-refractivity contribution is 0.278. The van der Waals surface area contributed by atoms with Crippen LogP contribution in [0.4, 0.5) is 0 Å². The smallest absolute Gasteiger partial charge is 0.202 e. The van der Waals surface area contributed by atoms with Gasteiger partial charge in [-0.15, -0.1) is 0 Å². The summed E-state index contributed by atoms with van der Waals surface area (Å²) in [5, 5.41) is 0. The number of benzene rings is 1. The van der Waals surface area contributed by atoms with Crippen molar-refractivity contribution >= 4 is 10.2 Å². The molecule has 0 bridgehead atoms. The van der Waals surface area contributed by atoms with E-state index in [4.69, 9.17) is 0 Å². The first-order valence-corrected chi connectivity index (χ1v) is 8.30. The predicted molar refractivity (Wildman–Crippen MR) is 77.0 cm³/mol. The van der Waals surface area contributed by atoms with Crippen LogP contribution >= 0.6 is 0 Å². The lowest BCUT2D eigenvalue weighted by Crippen LogP contribution is -2.46. The van der Waals surface area contributed by atoms with E-state index in [0.29, 0.717) is 25.6 Å². The zero-order valence-corrected chi connectivity index (χ0v) is 12.2. The standard InChI is InChI=1S/C14H22N2O2S/c1-13-6-5-11-16(12-13)19(17,18)15-10-9-14-7-3-2-4-8-14/h2-4,7-8,13,15H,5-6,9-12H2,1H3. The number of nitrogens with one attached hydrogen (secondary N) is 1. The van der Waals surface area contributed by atoms with E-state index >= 15 is 0 Å². The molecule has 1 aliphatic heterocycles. The Morgan fingerprint density at radius 2 is 2.05 bits per heavy atom. The lowest BCUT2D eigenvalue weighted by Gasteiger charge is -2.29. The Balaban J connectivity index is 1.84. The van der Waals surface area contributed by atoms with E-state index in [9.17, 15) is 8.42 Å². The summed E-state index contributed by atoms with van der Waals surface area (Å²) in [7, 11) is -3.30. The van der Waals surface area contributed by atoms with Gasteiger partial charge in [-0.25, -0.2) is 4.72 Å². The largest absolute Gasteiger partial charge is 0.279 e. The second-order valence-corrected chi connectivity index (χ2v) is 7.00. The van der Waals surface area contributed by atoms with Gasteiger partial charge in [0.1, 0.15) is 0 Å².